The van der Waals surface area contributed by atoms with Crippen LogP contribution in [0.2, 0.25) is 0 Å². The van der Waals surface area contributed by atoms with E-state index in [0.717, 1.165) is 18.5 Å². The molecule has 0 bridgehead atoms. The molecule has 3 N–H and O–H groups in total. The third kappa shape index (κ3) is 4.50. The molecule has 172 valence electrons. The Morgan fingerprint density at radius 1 is 1.12 bits per heavy atom. The number of benzene rings is 1. The number of aromatic nitrogens is 5. The number of hydrogen-bond acceptors (Lipinski definition) is 9. The highest BCUT2D eigenvalue weighted by molar-refractivity contribution is 7.90. The van der Waals surface area contributed by atoms with Crippen LogP contribution in [0, 0.1) is 5.82 Å². The van der Waals surface area contributed by atoms with Crippen molar-refractivity contribution in [1.82, 2.24) is 25.1 Å². The van der Waals surface area contributed by atoms with Gasteiger partial charge in [0.25, 0.3) is 0 Å². The average molecular weight is 479 g/mol. The maximum Gasteiger partial charge on any atom is 0.387 e. The van der Waals surface area contributed by atoms with Crippen LogP contribution in [-0.4, -0.2) is 53.5 Å². The predicted molar refractivity (Wildman–Crippen MR) is 114 cm³/mol. The van der Waals surface area contributed by atoms with Gasteiger partial charge in [-0.05, 0) is 29.8 Å². The lowest BCUT2D eigenvalue weighted by Gasteiger charge is -2.20. The molecule has 1 aromatic carbocycles. The smallest absolute Gasteiger partial charge is 0.387 e. The Morgan fingerprint density at radius 3 is 2.58 bits per heavy atom. The van der Waals surface area contributed by atoms with Gasteiger partial charge in [-0.2, -0.15) is 18.9 Å². The highest BCUT2D eigenvalue weighted by atomic mass is 32.2. The van der Waals surface area contributed by atoms with E-state index in [1.54, 1.807) is 7.05 Å². The molecule has 3 aromatic heterocycles. The minimum Gasteiger partial charge on any atom is -0.435 e. The molecule has 3 heterocycles. The molecule has 0 saturated carbocycles. The summed E-state index contributed by atoms with van der Waals surface area (Å²) < 4.78 is 68.2. The van der Waals surface area contributed by atoms with E-state index in [4.69, 9.17) is 5.73 Å². The number of halogens is 3. The molecule has 0 aliphatic carbocycles. The van der Waals surface area contributed by atoms with E-state index in [9.17, 15) is 21.6 Å². The number of pyridine rings is 1. The number of nitrogens with one attached hydrogen (secondary N) is 1. The average Bonchev–Trinajstić information content (AvgIpc) is 3.14. The van der Waals surface area contributed by atoms with Crippen LogP contribution in [0.4, 0.5) is 30.8 Å². The molecule has 0 aliphatic rings. The number of ether oxygens (including phenoxy) is 1. The first-order valence-electron chi connectivity index (χ1n) is 9.19. The molecule has 0 unspecified atom stereocenters. The molecule has 0 aliphatic heterocycles. The number of alkyl halides is 2. The van der Waals surface area contributed by atoms with Crippen molar-refractivity contribution in [2.75, 3.05) is 23.9 Å². The molecule has 0 atom stereocenters. The molecule has 33 heavy (non-hydrogen) atoms. The Bertz CT molecular complexity index is 1460. The summed E-state index contributed by atoms with van der Waals surface area (Å²) >= 11 is 0. The molecular weight excluding hydrogens is 463 g/mol. The summed E-state index contributed by atoms with van der Waals surface area (Å²) in [5, 5.41) is 7.15. The second-order valence-corrected chi connectivity index (χ2v) is 8.98. The summed E-state index contributed by atoms with van der Waals surface area (Å²) in [6.45, 7) is -3.17. The molecule has 4 rings (SSSR count). The summed E-state index contributed by atoms with van der Waals surface area (Å²) in [4.78, 5) is 13.3. The number of fused-ring (bicyclic) bond motifs is 1. The number of rotatable bonds is 6. The highest BCUT2D eigenvalue weighted by Crippen LogP contribution is 2.37. The van der Waals surface area contributed by atoms with Crippen molar-refractivity contribution in [2.45, 2.75) is 11.5 Å². The first kappa shape index (κ1) is 22.3. The third-order valence-corrected chi connectivity index (χ3v) is 5.72. The Hall–Kier alpha value is -3.94. The fraction of sp³-hybridized carbons (Fsp3) is 0.158. The number of nitrogens with two attached hydrogens (primary N) is 1. The van der Waals surface area contributed by atoms with Crippen LogP contribution >= 0.6 is 0 Å². The Balaban J connectivity index is 1.91. The van der Waals surface area contributed by atoms with Gasteiger partial charge in [0.15, 0.2) is 21.3 Å². The zero-order valence-corrected chi connectivity index (χ0v) is 17.9. The predicted octanol–water partition coefficient (Wildman–Crippen LogP) is 2.91. The lowest BCUT2D eigenvalue weighted by atomic mass is 10.1. The topological polar surface area (TPSA) is 140 Å². The lowest BCUT2D eigenvalue weighted by molar-refractivity contribution is -0.0499. The van der Waals surface area contributed by atoms with Crippen LogP contribution in [0.3, 0.4) is 0 Å². The molecule has 14 heteroatoms. The largest absolute Gasteiger partial charge is 0.435 e. The zero-order valence-electron chi connectivity index (χ0n) is 17.1. The first-order valence-corrected chi connectivity index (χ1v) is 11.1. The molecule has 4 aromatic rings. The van der Waals surface area contributed by atoms with Crippen molar-refractivity contribution in [3.8, 4) is 16.9 Å². The van der Waals surface area contributed by atoms with Gasteiger partial charge in [-0.15, -0.1) is 0 Å². The minimum atomic E-state index is -3.78. The Morgan fingerprint density at radius 2 is 1.88 bits per heavy atom. The molecular formula is C19H16F3N7O3S. The molecule has 0 fully saturated rings. The SMILES string of the molecule is CN(c1nc(N)ncc1-c1cc(OC(F)F)cc(S(C)(=O)=O)c1)c1n[nH]c2ncc(F)cc12. The first-order chi connectivity index (χ1) is 15.5. The second kappa shape index (κ2) is 8.20. The minimum absolute atomic E-state index is 0.118. The lowest BCUT2D eigenvalue weighted by Crippen LogP contribution is -2.15. The van der Waals surface area contributed by atoms with Gasteiger partial charge in [-0.1, -0.05) is 0 Å². The number of nitrogens with zero attached hydrogens (tertiary/aromatic N) is 5. The van der Waals surface area contributed by atoms with E-state index >= 15 is 0 Å². The summed E-state index contributed by atoms with van der Waals surface area (Å²) in [7, 11) is -2.22. The number of aromatic amines is 1. The van der Waals surface area contributed by atoms with Gasteiger partial charge in [0.1, 0.15) is 17.4 Å². The second-order valence-electron chi connectivity index (χ2n) is 6.97. The van der Waals surface area contributed by atoms with Crippen molar-refractivity contribution in [2.24, 2.45) is 0 Å². The number of H-pyrrole nitrogens is 1. The van der Waals surface area contributed by atoms with Crippen LogP contribution in [0.15, 0.2) is 41.6 Å². The van der Waals surface area contributed by atoms with Crippen LogP contribution in [0.5, 0.6) is 5.75 Å². The van der Waals surface area contributed by atoms with Gasteiger partial charge in [0, 0.05) is 25.1 Å². The molecule has 10 nitrogen and oxygen atoms in total. The molecule has 0 amide bonds. The molecule has 0 radical (unpaired) electrons. The number of nitrogen functional groups attached to an aromatic ring is 1. The molecule has 0 spiro atoms. The van der Waals surface area contributed by atoms with Gasteiger partial charge in [0.2, 0.25) is 5.95 Å². The van der Waals surface area contributed by atoms with Gasteiger partial charge in [-0.3, -0.25) is 5.10 Å². The van der Waals surface area contributed by atoms with Crippen LogP contribution in [-0.2, 0) is 9.84 Å². The van der Waals surface area contributed by atoms with Crippen molar-refractivity contribution in [3.63, 3.8) is 0 Å². The van der Waals surface area contributed by atoms with Gasteiger partial charge >= 0.3 is 6.61 Å². The highest BCUT2D eigenvalue weighted by Gasteiger charge is 2.22. The van der Waals surface area contributed by atoms with Crippen molar-refractivity contribution in [1.29, 1.82) is 0 Å². The van der Waals surface area contributed by atoms with Crippen LogP contribution in [0.1, 0.15) is 0 Å². The maximum absolute atomic E-state index is 13.8. The van der Waals surface area contributed by atoms with Gasteiger partial charge < -0.3 is 15.4 Å². The van der Waals surface area contributed by atoms with Gasteiger partial charge in [-0.25, -0.2) is 22.8 Å². The Kier molecular flexibility index (Phi) is 5.53. The zero-order chi connectivity index (χ0) is 23.9. The monoisotopic (exact) mass is 479 g/mol. The third-order valence-electron chi connectivity index (χ3n) is 4.63. The van der Waals surface area contributed by atoms with Crippen LogP contribution in [0.25, 0.3) is 22.2 Å². The van der Waals surface area contributed by atoms with E-state index in [2.05, 4.69) is 29.9 Å². The Labute approximate surface area is 185 Å². The van der Waals surface area contributed by atoms with E-state index in [1.807, 2.05) is 0 Å². The summed E-state index contributed by atoms with van der Waals surface area (Å²) in [6, 6.07) is 4.70. The van der Waals surface area contributed by atoms with Crippen molar-refractivity contribution in [3.05, 3.63) is 42.5 Å². The van der Waals surface area contributed by atoms with E-state index in [1.165, 1.54) is 29.3 Å². The fourth-order valence-corrected chi connectivity index (χ4v) is 3.85. The standard InChI is InChI=1S/C19H16F3N7O3S/c1-29(17-13-5-10(20)7-24-15(13)27-28-17)16-14(8-25-19(23)26-16)9-3-11(32-18(21)22)6-12(4-9)33(2,30)31/h3-8,18H,1-2H3,(H2,23,25,26)(H,24,27,28). The maximum atomic E-state index is 13.8. The number of sulfone groups is 1. The summed E-state index contributed by atoms with van der Waals surface area (Å²) in [5.41, 5.74) is 6.47. The number of hydrogen-bond donors (Lipinski definition) is 2. The van der Waals surface area contributed by atoms with Gasteiger partial charge in [0.05, 0.1) is 16.5 Å². The number of anilines is 3. The van der Waals surface area contributed by atoms with E-state index < -0.39 is 22.3 Å². The summed E-state index contributed by atoms with van der Waals surface area (Å²) in [6.07, 6.45) is 3.26. The van der Waals surface area contributed by atoms with E-state index in [0.29, 0.717) is 11.0 Å². The normalized spacial score (nSPS) is 11.8. The fourth-order valence-electron chi connectivity index (χ4n) is 3.18. The van der Waals surface area contributed by atoms with Crippen molar-refractivity contribution >= 4 is 38.5 Å². The van der Waals surface area contributed by atoms with Crippen LogP contribution < -0.4 is 15.4 Å². The summed E-state index contributed by atoms with van der Waals surface area (Å²) in [5.74, 6) is -0.693. The van der Waals surface area contributed by atoms with Crippen molar-refractivity contribution < 1.29 is 26.3 Å². The van der Waals surface area contributed by atoms with E-state index in [-0.39, 0.29) is 39.4 Å². The quantitative estimate of drug-likeness (QED) is 0.427. The molecule has 0 saturated heterocycles.